The molecule has 0 radical (unpaired) electrons. The first-order chi connectivity index (χ1) is 32.2. The van der Waals surface area contributed by atoms with Crippen LogP contribution in [0.15, 0.2) is 239 Å². The standard InChI is InChI=1S/C60H38N2O2Si/c1-3-15-41(16-4-1)65(42-17-5-2-6-18-42,43-29-33-59-51(37-43)49-35-39(27-31-57(49)63-59)61-53-23-11-7-19-45(53)46-20-8-12-24-54(46)61)44-30-34-60-52(38-44)50-36-40(28-32-58(50)64-60)62-55-25-13-9-21-47(55)48-22-10-14-26-56(48)62/h1-38H. The molecule has 0 saturated carbocycles. The zero-order valence-corrected chi connectivity index (χ0v) is 36.2. The van der Waals surface area contributed by atoms with E-state index >= 15 is 0 Å². The fraction of sp³-hybridized carbons (Fsp3) is 0. The number of aromatic nitrogens is 2. The maximum Gasteiger partial charge on any atom is 0.179 e. The van der Waals surface area contributed by atoms with Gasteiger partial charge in [-0.1, -0.05) is 158 Å². The zero-order valence-electron chi connectivity index (χ0n) is 35.2. The molecule has 0 amide bonds. The minimum absolute atomic E-state index is 0.874. The molecule has 4 heterocycles. The number of fused-ring (bicyclic) bond motifs is 12. The van der Waals surface area contributed by atoms with Gasteiger partial charge in [-0.2, -0.15) is 0 Å². The lowest BCUT2D eigenvalue weighted by Gasteiger charge is -2.34. The second kappa shape index (κ2) is 13.8. The average Bonchev–Trinajstić information content (AvgIpc) is 4.12. The van der Waals surface area contributed by atoms with E-state index in [4.69, 9.17) is 8.83 Å². The van der Waals surface area contributed by atoms with Crippen molar-refractivity contribution in [3.05, 3.63) is 231 Å². The van der Waals surface area contributed by atoms with Crippen molar-refractivity contribution in [3.8, 4) is 11.4 Å². The van der Waals surface area contributed by atoms with Crippen LogP contribution in [0.2, 0.25) is 0 Å². The van der Waals surface area contributed by atoms with Crippen LogP contribution in [-0.4, -0.2) is 17.2 Å². The third kappa shape index (κ3) is 5.18. The predicted octanol–water partition coefficient (Wildman–Crippen LogP) is 13.1. The highest BCUT2D eigenvalue weighted by Gasteiger charge is 2.42. The molecule has 5 heteroatoms. The maximum absolute atomic E-state index is 6.67. The molecular formula is C60H38N2O2Si. The Bertz CT molecular complexity index is 3810. The molecule has 0 saturated heterocycles. The molecule has 0 aliphatic carbocycles. The summed E-state index contributed by atoms with van der Waals surface area (Å²) < 4.78 is 18.1. The van der Waals surface area contributed by atoms with E-state index in [-0.39, 0.29) is 0 Å². The second-order valence-corrected chi connectivity index (χ2v) is 21.0. The summed E-state index contributed by atoms with van der Waals surface area (Å²) in [4.78, 5) is 0. The number of benzene rings is 10. The Balaban J connectivity index is 1.02. The molecule has 304 valence electrons. The summed E-state index contributed by atoms with van der Waals surface area (Å²) in [6.45, 7) is 0. The van der Waals surface area contributed by atoms with E-state index in [1.165, 1.54) is 64.4 Å². The van der Waals surface area contributed by atoms with Crippen molar-refractivity contribution in [2.24, 2.45) is 0 Å². The lowest BCUT2D eigenvalue weighted by molar-refractivity contribution is 0.668. The van der Waals surface area contributed by atoms with Crippen molar-refractivity contribution in [1.29, 1.82) is 0 Å². The minimum Gasteiger partial charge on any atom is -0.456 e. The predicted molar refractivity (Wildman–Crippen MR) is 273 cm³/mol. The monoisotopic (exact) mass is 846 g/mol. The Morgan fingerprint density at radius 3 is 0.923 bits per heavy atom. The molecule has 0 N–H and O–H groups in total. The van der Waals surface area contributed by atoms with Crippen LogP contribution in [0.4, 0.5) is 0 Å². The molecule has 4 aromatic heterocycles. The zero-order chi connectivity index (χ0) is 42.6. The Hall–Kier alpha value is -8.38. The molecule has 4 nitrogen and oxygen atoms in total. The number of hydrogen-bond donors (Lipinski definition) is 0. The molecule has 0 spiro atoms. The Morgan fingerprint density at radius 2 is 0.554 bits per heavy atom. The van der Waals surface area contributed by atoms with Crippen LogP contribution < -0.4 is 20.7 Å². The molecule has 14 rings (SSSR count). The number of nitrogens with zero attached hydrogens (tertiary/aromatic N) is 2. The van der Waals surface area contributed by atoms with Crippen molar-refractivity contribution in [3.63, 3.8) is 0 Å². The number of para-hydroxylation sites is 4. The Labute approximate surface area is 374 Å². The van der Waals surface area contributed by atoms with E-state index < -0.39 is 8.07 Å². The summed E-state index contributed by atoms with van der Waals surface area (Å²) >= 11 is 0. The molecule has 10 aromatic carbocycles. The van der Waals surface area contributed by atoms with Gasteiger partial charge in [0.05, 0.1) is 22.1 Å². The van der Waals surface area contributed by atoms with Crippen LogP contribution in [0.25, 0.3) is 98.9 Å². The minimum atomic E-state index is -3.03. The molecular weight excluding hydrogens is 809 g/mol. The topological polar surface area (TPSA) is 36.1 Å². The van der Waals surface area contributed by atoms with Crippen molar-refractivity contribution in [2.75, 3.05) is 0 Å². The maximum atomic E-state index is 6.67. The summed E-state index contributed by atoms with van der Waals surface area (Å²) in [5.74, 6) is 0. The number of hydrogen-bond acceptors (Lipinski definition) is 2. The molecule has 0 unspecified atom stereocenters. The van der Waals surface area contributed by atoms with E-state index in [0.29, 0.717) is 0 Å². The van der Waals surface area contributed by atoms with Gasteiger partial charge in [-0.15, -0.1) is 0 Å². The molecule has 0 atom stereocenters. The average molecular weight is 847 g/mol. The van der Waals surface area contributed by atoms with Gasteiger partial charge in [0.25, 0.3) is 0 Å². The largest absolute Gasteiger partial charge is 0.456 e. The van der Waals surface area contributed by atoms with Gasteiger partial charge in [0.1, 0.15) is 22.3 Å². The van der Waals surface area contributed by atoms with Gasteiger partial charge in [-0.05, 0) is 93.5 Å². The van der Waals surface area contributed by atoms with E-state index in [1.54, 1.807) is 0 Å². The Morgan fingerprint density at radius 1 is 0.246 bits per heavy atom. The van der Waals surface area contributed by atoms with Gasteiger partial charge in [0.2, 0.25) is 0 Å². The van der Waals surface area contributed by atoms with E-state index in [0.717, 1.165) is 55.3 Å². The highest BCUT2D eigenvalue weighted by molar-refractivity contribution is 7.20. The first kappa shape index (κ1) is 36.1. The molecule has 0 bridgehead atoms. The number of furan rings is 2. The summed E-state index contributed by atoms with van der Waals surface area (Å²) in [5.41, 5.74) is 10.5. The van der Waals surface area contributed by atoms with E-state index in [9.17, 15) is 0 Å². The summed E-state index contributed by atoms with van der Waals surface area (Å²) in [6.07, 6.45) is 0. The summed E-state index contributed by atoms with van der Waals surface area (Å²) in [6, 6.07) is 84.3. The van der Waals surface area contributed by atoms with Crippen LogP contribution in [0.5, 0.6) is 0 Å². The fourth-order valence-corrected chi connectivity index (χ4v) is 15.8. The molecule has 65 heavy (non-hydrogen) atoms. The highest BCUT2D eigenvalue weighted by atomic mass is 28.3. The van der Waals surface area contributed by atoms with Crippen LogP contribution in [0.3, 0.4) is 0 Å². The summed E-state index contributed by atoms with van der Waals surface area (Å²) in [5, 5.41) is 14.6. The first-order valence-corrected chi connectivity index (χ1v) is 24.2. The molecule has 0 fully saturated rings. The van der Waals surface area contributed by atoms with Crippen molar-refractivity contribution < 1.29 is 8.83 Å². The van der Waals surface area contributed by atoms with Crippen LogP contribution >= 0.6 is 0 Å². The van der Waals surface area contributed by atoms with Crippen molar-refractivity contribution in [1.82, 2.24) is 9.13 Å². The molecule has 0 aliphatic heterocycles. The van der Waals surface area contributed by atoms with Gasteiger partial charge in [-0.25, -0.2) is 0 Å². The third-order valence-electron chi connectivity index (χ3n) is 13.9. The van der Waals surface area contributed by atoms with Gasteiger partial charge in [-0.3, -0.25) is 0 Å². The third-order valence-corrected chi connectivity index (χ3v) is 18.6. The lowest BCUT2D eigenvalue weighted by Crippen LogP contribution is -2.74. The first-order valence-electron chi connectivity index (χ1n) is 22.2. The quantitative estimate of drug-likeness (QED) is 0.123. The second-order valence-electron chi connectivity index (χ2n) is 17.2. The SMILES string of the molecule is c1ccc([Si](c2ccccc2)(c2ccc3oc4ccc(-n5c6ccccc6c6ccccc65)cc4c3c2)c2ccc3oc4ccc(-n5c6ccccc6c6ccccc65)cc4c3c2)cc1. The number of rotatable bonds is 6. The van der Waals surface area contributed by atoms with Crippen molar-refractivity contribution >= 4 is 116 Å². The van der Waals surface area contributed by atoms with Crippen molar-refractivity contribution in [2.45, 2.75) is 0 Å². The highest BCUT2D eigenvalue weighted by Crippen LogP contribution is 2.38. The summed E-state index contributed by atoms with van der Waals surface area (Å²) in [7, 11) is -3.03. The van der Waals surface area contributed by atoms with Gasteiger partial charge >= 0.3 is 0 Å². The smallest absolute Gasteiger partial charge is 0.179 e. The van der Waals surface area contributed by atoms with Crippen LogP contribution in [0.1, 0.15) is 0 Å². The lowest BCUT2D eigenvalue weighted by atomic mass is 10.1. The normalized spacial score (nSPS) is 12.3. The van der Waals surface area contributed by atoms with Gasteiger partial charge in [0.15, 0.2) is 8.07 Å². The fourth-order valence-electron chi connectivity index (χ4n) is 11.1. The van der Waals surface area contributed by atoms with E-state index in [2.05, 4.69) is 240 Å². The van der Waals surface area contributed by atoms with Crippen LogP contribution in [-0.2, 0) is 0 Å². The van der Waals surface area contributed by atoms with Gasteiger partial charge in [0, 0.05) is 54.5 Å². The van der Waals surface area contributed by atoms with Crippen LogP contribution in [0, 0.1) is 0 Å². The Kier molecular flexibility index (Phi) is 7.68. The van der Waals surface area contributed by atoms with Gasteiger partial charge < -0.3 is 18.0 Å². The molecule has 0 aliphatic rings. The molecule has 14 aromatic rings. The van der Waals surface area contributed by atoms with E-state index in [1.807, 2.05) is 0 Å².